The van der Waals surface area contributed by atoms with Crippen molar-refractivity contribution >= 4 is 46.2 Å². The number of carbonyl (C=O) groups excluding carboxylic acids is 1. The van der Waals surface area contributed by atoms with Crippen LogP contribution < -0.4 is 14.9 Å². The summed E-state index contributed by atoms with van der Waals surface area (Å²) in [7, 11) is 0. The molecule has 4 aromatic rings. The van der Waals surface area contributed by atoms with Crippen LogP contribution in [0.2, 0.25) is 10.0 Å². The van der Waals surface area contributed by atoms with Gasteiger partial charge in [0, 0.05) is 44.8 Å². The van der Waals surface area contributed by atoms with Crippen LogP contribution >= 0.6 is 23.2 Å². The van der Waals surface area contributed by atoms with E-state index in [-0.39, 0.29) is 12.7 Å². The molecule has 0 bridgehead atoms. The summed E-state index contributed by atoms with van der Waals surface area (Å²) in [5.41, 5.74) is 5.86. The number of carbonyl (C=O) groups is 1. The molecule has 0 aliphatic carbocycles. The monoisotopic (exact) mass is 465 g/mol. The molecule has 1 aliphatic rings. The Morgan fingerprint density at radius 2 is 1.91 bits per heavy atom. The van der Waals surface area contributed by atoms with Crippen LogP contribution in [0.1, 0.15) is 21.5 Å². The van der Waals surface area contributed by atoms with Crippen molar-refractivity contribution in [3.63, 3.8) is 0 Å². The van der Waals surface area contributed by atoms with E-state index in [1.807, 2.05) is 42.6 Å². The standard InChI is InChI=1S/C24H17Cl2N3O3/c25-18-7-5-16(20(26)10-18)12-29-13-17(19-3-1-2-4-21(19)29)11-27-28-24(30)15-6-8-22-23(9-15)32-14-31-22/h1-11,13H,12,14H2,(H,28,30). The molecule has 6 nitrogen and oxygen atoms in total. The number of benzene rings is 3. The Hall–Kier alpha value is -3.48. The number of ether oxygens (including phenoxy) is 2. The molecule has 160 valence electrons. The van der Waals surface area contributed by atoms with E-state index in [4.69, 9.17) is 32.7 Å². The number of hydrazone groups is 1. The van der Waals surface area contributed by atoms with E-state index in [2.05, 4.69) is 15.1 Å². The Balaban J connectivity index is 1.37. The highest BCUT2D eigenvalue weighted by Gasteiger charge is 2.16. The van der Waals surface area contributed by atoms with Gasteiger partial charge in [0.2, 0.25) is 6.79 Å². The Morgan fingerprint density at radius 1 is 1.06 bits per heavy atom. The number of nitrogens with zero attached hydrogens (tertiary/aromatic N) is 2. The molecule has 0 saturated heterocycles. The first-order chi connectivity index (χ1) is 15.6. The Labute approximate surface area is 194 Å². The molecule has 0 radical (unpaired) electrons. The fourth-order valence-corrected chi connectivity index (χ4v) is 4.07. The number of rotatable bonds is 5. The molecule has 32 heavy (non-hydrogen) atoms. The number of hydrogen-bond acceptors (Lipinski definition) is 4. The second-order valence-corrected chi connectivity index (χ2v) is 8.08. The maximum absolute atomic E-state index is 12.5. The van der Waals surface area contributed by atoms with E-state index in [0.29, 0.717) is 33.7 Å². The average Bonchev–Trinajstić information content (AvgIpc) is 3.40. The molecule has 1 amide bonds. The molecule has 0 fully saturated rings. The van der Waals surface area contributed by atoms with Crippen LogP contribution in [0, 0.1) is 0 Å². The lowest BCUT2D eigenvalue weighted by Crippen LogP contribution is -2.17. The van der Waals surface area contributed by atoms with Crippen LogP contribution in [-0.4, -0.2) is 23.5 Å². The largest absolute Gasteiger partial charge is 0.454 e. The van der Waals surface area contributed by atoms with E-state index >= 15 is 0 Å². The fraction of sp³-hybridized carbons (Fsp3) is 0.0833. The Kier molecular flexibility index (Phi) is 5.47. The molecule has 0 spiro atoms. The van der Waals surface area contributed by atoms with Crippen molar-refractivity contribution in [3.8, 4) is 11.5 Å². The minimum Gasteiger partial charge on any atom is -0.454 e. The van der Waals surface area contributed by atoms with Crippen LogP contribution in [0.25, 0.3) is 10.9 Å². The summed E-state index contributed by atoms with van der Waals surface area (Å²) >= 11 is 12.4. The molecule has 2 heterocycles. The number of hydrogen-bond donors (Lipinski definition) is 1. The molecule has 0 saturated carbocycles. The zero-order valence-electron chi connectivity index (χ0n) is 16.7. The van der Waals surface area contributed by atoms with Crippen LogP contribution in [0.5, 0.6) is 11.5 Å². The second kappa shape index (κ2) is 8.57. The summed E-state index contributed by atoms with van der Waals surface area (Å²) in [4.78, 5) is 12.5. The lowest BCUT2D eigenvalue weighted by Gasteiger charge is -2.08. The van der Waals surface area contributed by atoms with Gasteiger partial charge in [-0.05, 0) is 42.0 Å². The molecule has 0 unspecified atom stereocenters. The van der Waals surface area contributed by atoms with Gasteiger partial charge in [-0.3, -0.25) is 4.79 Å². The van der Waals surface area contributed by atoms with Crippen molar-refractivity contribution in [2.45, 2.75) is 6.54 Å². The van der Waals surface area contributed by atoms with Crippen molar-refractivity contribution in [1.29, 1.82) is 0 Å². The number of amides is 1. The minimum absolute atomic E-state index is 0.157. The molecule has 3 aromatic carbocycles. The Bertz CT molecular complexity index is 1360. The highest BCUT2D eigenvalue weighted by Crippen LogP contribution is 2.32. The van der Waals surface area contributed by atoms with Gasteiger partial charge < -0.3 is 14.0 Å². The van der Waals surface area contributed by atoms with Crippen LogP contribution in [0.4, 0.5) is 0 Å². The molecular formula is C24H17Cl2N3O3. The maximum Gasteiger partial charge on any atom is 0.271 e. The third kappa shape index (κ3) is 4.02. The summed E-state index contributed by atoms with van der Waals surface area (Å²) in [6, 6.07) is 18.5. The zero-order valence-corrected chi connectivity index (χ0v) is 18.2. The number of para-hydroxylation sites is 1. The third-order valence-corrected chi connectivity index (χ3v) is 5.77. The predicted octanol–water partition coefficient (Wildman–Crippen LogP) is 5.49. The molecule has 1 N–H and O–H groups in total. The van der Waals surface area contributed by atoms with E-state index in [0.717, 1.165) is 22.0 Å². The van der Waals surface area contributed by atoms with Gasteiger partial charge in [-0.2, -0.15) is 5.10 Å². The van der Waals surface area contributed by atoms with E-state index in [9.17, 15) is 4.79 Å². The molecule has 8 heteroatoms. The summed E-state index contributed by atoms with van der Waals surface area (Å²) < 4.78 is 12.7. The van der Waals surface area contributed by atoms with Crippen molar-refractivity contribution in [2.24, 2.45) is 5.10 Å². The molecule has 5 rings (SSSR count). The summed E-state index contributed by atoms with van der Waals surface area (Å²) in [6.45, 7) is 0.734. The molecular weight excluding hydrogens is 449 g/mol. The summed E-state index contributed by atoms with van der Waals surface area (Å²) in [6.07, 6.45) is 3.61. The van der Waals surface area contributed by atoms with E-state index in [1.165, 1.54) is 0 Å². The second-order valence-electron chi connectivity index (χ2n) is 7.23. The molecule has 1 aliphatic heterocycles. The lowest BCUT2D eigenvalue weighted by molar-refractivity contribution is 0.0954. The highest BCUT2D eigenvalue weighted by molar-refractivity contribution is 6.35. The number of fused-ring (bicyclic) bond motifs is 2. The van der Waals surface area contributed by atoms with Gasteiger partial charge in [0.1, 0.15) is 0 Å². The number of halogens is 2. The number of nitrogens with one attached hydrogen (secondary N) is 1. The third-order valence-electron chi connectivity index (χ3n) is 5.18. The van der Waals surface area contributed by atoms with Gasteiger partial charge in [-0.25, -0.2) is 5.43 Å². The zero-order chi connectivity index (χ0) is 22.1. The maximum atomic E-state index is 12.5. The quantitative estimate of drug-likeness (QED) is 0.313. The smallest absolute Gasteiger partial charge is 0.271 e. The van der Waals surface area contributed by atoms with Crippen LogP contribution in [-0.2, 0) is 6.54 Å². The summed E-state index contributed by atoms with van der Waals surface area (Å²) in [5, 5.41) is 6.38. The van der Waals surface area contributed by atoms with Gasteiger partial charge in [0.15, 0.2) is 11.5 Å². The first kappa shape index (κ1) is 20.4. The van der Waals surface area contributed by atoms with Crippen molar-refractivity contribution in [3.05, 3.63) is 93.6 Å². The van der Waals surface area contributed by atoms with Gasteiger partial charge in [-0.15, -0.1) is 0 Å². The van der Waals surface area contributed by atoms with Crippen molar-refractivity contribution in [2.75, 3.05) is 6.79 Å². The first-order valence-electron chi connectivity index (χ1n) is 9.83. The molecule has 1 aromatic heterocycles. The summed E-state index contributed by atoms with van der Waals surface area (Å²) in [5.74, 6) is 0.834. The van der Waals surface area contributed by atoms with E-state index < -0.39 is 0 Å². The predicted molar refractivity (Wildman–Crippen MR) is 125 cm³/mol. The van der Waals surface area contributed by atoms with Gasteiger partial charge in [-0.1, -0.05) is 47.5 Å². The van der Waals surface area contributed by atoms with Gasteiger partial charge >= 0.3 is 0 Å². The van der Waals surface area contributed by atoms with Crippen LogP contribution in [0.3, 0.4) is 0 Å². The average molecular weight is 466 g/mol. The normalized spacial score (nSPS) is 12.6. The SMILES string of the molecule is O=C(NN=Cc1cn(Cc2ccc(Cl)cc2Cl)c2ccccc12)c1ccc2c(c1)OCO2. The van der Waals surface area contributed by atoms with E-state index in [1.54, 1.807) is 30.5 Å². The fourth-order valence-electron chi connectivity index (χ4n) is 3.61. The number of aromatic nitrogens is 1. The van der Waals surface area contributed by atoms with Gasteiger partial charge in [0.05, 0.1) is 6.21 Å². The molecule has 0 atom stereocenters. The topological polar surface area (TPSA) is 64.9 Å². The van der Waals surface area contributed by atoms with Gasteiger partial charge in [0.25, 0.3) is 5.91 Å². The van der Waals surface area contributed by atoms with Crippen molar-refractivity contribution < 1.29 is 14.3 Å². The minimum atomic E-state index is -0.337. The lowest BCUT2D eigenvalue weighted by atomic mass is 10.2. The van der Waals surface area contributed by atoms with Crippen LogP contribution in [0.15, 0.2) is 72.0 Å². The highest BCUT2D eigenvalue weighted by atomic mass is 35.5. The Morgan fingerprint density at radius 3 is 2.78 bits per heavy atom. The first-order valence-corrected chi connectivity index (χ1v) is 10.6. The van der Waals surface area contributed by atoms with Crippen molar-refractivity contribution in [1.82, 2.24) is 9.99 Å².